The molecule has 2 aliphatic heterocycles. The van der Waals surface area contributed by atoms with Gasteiger partial charge in [-0.05, 0) is 31.8 Å². The van der Waals surface area contributed by atoms with Crippen LogP contribution < -0.4 is 10.9 Å². The zero-order chi connectivity index (χ0) is 13.7. The van der Waals surface area contributed by atoms with Crippen molar-refractivity contribution in [2.75, 3.05) is 26.2 Å². The second kappa shape index (κ2) is 5.68. The maximum Gasteiger partial charge on any atom is 0.259 e. The van der Waals surface area contributed by atoms with Crippen molar-refractivity contribution in [1.29, 1.82) is 0 Å². The van der Waals surface area contributed by atoms with Gasteiger partial charge in [0, 0.05) is 36.8 Å². The summed E-state index contributed by atoms with van der Waals surface area (Å²) in [7, 11) is 0. The van der Waals surface area contributed by atoms with Crippen molar-refractivity contribution in [2.24, 2.45) is 11.8 Å². The summed E-state index contributed by atoms with van der Waals surface area (Å²) in [6, 6.07) is 1.69. The molecule has 2 aromatic heterocycles. The molecule has 2 aromatic rings. The van der Waals surface area contributed by atoms with E-state index in [1.165, 1.54) is 0 Å². The molecule has 0 saturated carbocycles. The molecule has 5 nitrogen and oxygen atoms in total. The van der Waals surface area contributed by atoms with Crippen LogP contribution in [-0.4, -0.2) is 40.5 Å². The molecule has 0 amide bonds. The lowest BCUT2D eigenvalue weighted by molar-refractivity contribution is 0.302. The molecule has 21 heavy (non-hydrogen) atoms. The third-order valence-electron chi connectivity index (χ3n) is 4.48. The summed E-state index contributed by atoms with van der Waals surface area (Å²) in [6.07, 6.45) is 0. The Morgan fingerprint density at radius 1 is 1.38 bits per heavy atom. The molecule has 0 spiro atoms. The van der Waals surface area contributed by atoms with Gasteiger partial charge in [-0.2, -0.15) is 0 Å². The van der Waals surface area contributed by atoms with E-state index in [0.29, 0.717) is 0 Å². The molecule has 0 aromatic carbocycles. The predicted octanol–water partition coefficient (Wildman–Crippen LogP) is 1.14. The molecule has 2 atom stereocenters. The van der Waals surface area contributed by atoms with Crippen LogP contribution in [0.1, 0.15) is 11.4 Å². The summed E-state index contributed by atoms with van der Waals surface area (Å²) in [6.45, 7) is 7.28. The van der Waals surface area contributed by atoms with Gasteiger partial charge >= 0.3 is 0 Å². The van der Waals surface area contributed by atoms with Crippen molar-refractivity contribution >= 4 is 28.7 Å². The van der Waals surface area contributed by atoms with Crippen molar-refractivity contribution in [1.82, 2.24) is 19.6 Å². The van der Waals surface area contributed by atoms with Gasteiger partial charge in [0.25, 0.3) is 5.56 Å². The normalized spacial score (nSPS) is 25.2. The first-order valence-corrected chi connectivity index (χ1v) is 7.98. The number of thiazole rings is 1. The van der Waals surface area contributed by atoms with Gasteiger partial charge in [-0.1, -0.05) is 0 Å². The molecule has 0 radical (unpaired) electrons. The predicted molar refractivity (Wildman–Crippen MR) is 86.5 cm³/mol. The lowest BCUT2D eigenvalue weighted by atomic mass is 10.0. The van der Waals surface area contributed by atoms with Gasteiger partial charge in [0.2, 0.25) is 0 Å². The monoisotopic (exact) mass is 326 g/mol. The van der Waals surface area contributed by atoms with Crippen LogP contribution in [0.3, 0.4) is 0 Å². The Labute approximate surface area is 133 Å². The molecule has 2 saturated heterocycles. The van der Waals surface area contributed by atoms with Gasteiger partial charge in [-0.3, -0.25) is 14.1 Å². The van der Waals surface area contributed by atoms with Gasteiger partial charge in [0.1, 0.15) is 0 Å². The van der Waals surface area contributed by atoms with E-state index in [4.69, 9.17) is 0 Å². The van der Waals surface area contributed by atoms with Crippen LogP contribution >= 0.6 is 23.7 Å². The van der Waals surface area contributed by atoms with Crippen LogP contribution in [0.5, 0.6) is 0 Å². The van der Waals surface area contributed by atoms with E-state index in [1.807, 2.05) is 12.3 Å². The number of likely N-dealkylation sites (tertiary alicyclic amines) is 1. The third kappa shape index (κ3) is 2.61. The molecule has 4 rings (SSSR count). The quantitative estimate of drug-likeness (QED) is 0.899. The number of nitrogens with one attached hydrogen (secondary N) is 1. The van der Waals surface area contributed by atoms with E-state index in [9.17, 15) is 4.79 Å². The van der Waals surface area contributed by atoms with E-state index in [1.54, 1.807) is 21.8 Å². The Bertz CT molecular complexity index is 701. The molecule has 0 aliphatic carbocycles. The van der Waals surface area contributed by atoms with Crippen molar-refractivity contribution in [3.63, 3.8) is 0 Å². The Balaban J connectivity index is 0.00000132. The molecule has 4 heterocycles. The highest BCUT2D eigenvalue weighted by Gasteiger charge is 2.35. The van der Waals surface area contributed by atoms with E-state index in [2.05, 4.69) is 15.2 Å². The fraction of sp³-hybridized carbons (Fsp3) is 0.571. The molecule has 2 fully saturated rings. The lowest BCUT2D eigenvalue weighted by Gasteiger charge is -2.16. The largest absolute Gasteiger partial charge is 0.316 e. The molecule has 1 N–H and O–H groups in total. The average Bonchev–Trinajstić information content (AvgIpc) is 3.04. The average molecular weight is 327 g/mol. The molecular formula is C14H19ClN4OS. The zero-order valence-corrected chi connectivity index (χ0v) is 13.5. The smallest absolute Gasteiger partial charge is 0.259 e. The van der Waals surface area contributed by atoms with Gasteiger partial charge in [0.05, 0.1) is 5.69 Å². The van der Waals surface area contributed by atoms with Crippen LogP contribution in [0.25, 0.3) is 4.96 Å². The highest BCUT2D eigenvalue weighted by Crippen LogP contribution is 2.27. The van der Waals surface area contributed by atoms with Crippen molar-refractivity contribution < 1.29 is 0 Å². The fourth-order valence-corrected chi connectivity index (χ4v) is 4.38. The van der Waals surface area contributed by atoms with Crippen LogP contribution in [-0.2, 0) is 6.54 Å². The zero-order valence-electron chi connectivity index (χ0n) is 11.9. The Morgan fingerprint density at radius 2 is 2.10 bits per heavy atom. The van der Waals surface area contributed by atoms with Crippen LogP contribution in [0, 0.1) is 18.8 Å². The van der Waals surface area contributed by atoms with E-state index in [-0.39, 0.29) is 18.0 Å². The maximum absolute atomic E-state index is 12.2. The number of hydrogen-bond acceptors (Lipinski definition) is 5. The number of aromatic nitrogens is 2. The Morgan fingerprint density at radius 3 is 2.81 bits per heavy atom. The van der Waals surface area contributed by atoms with Crippen LogP contribution in [0.2, 0.25) is 0 Å². The van der Waals surface area contributed by atoms with Gasteiger partial charge in [-0.15, -0.1) is 23.7 Å². The second-order valence-corrected chi connectivity index (χ2v) is 6.79. The van der Waals surface area contributed by atoms with E-state index < -0.39 is 0 Å². The lowest BCUT2D eigenvalue weighted by Crippen LogP contribution is -2.27. The van der Waals surface area contributed by atoms with Gasteiger partial charge in [0.15, 0.2) is 4.96 Å². The molecule has 0 unspecified atom stereocenters. The maximum atomic E-state index is 12.2. The molecule has 114 valence electrons. The highest BCUT2D eigenvalue weighted by molar-refractivity contribution is 7.15. The number of hydrogen-bond donors (Lipinski definition) is 1. The van der Waals surface area contributed by atoms with Crippen molar-refractivity contribution in [3.8, 4) is 0 Å². The van der Waals surface area contributed by atoms with Crippen LogP contribution in [0.15, 0.2) is 16.2 Å². The molecule has 7 heteroatoms. The third-order valence-corrected chi connectivity index (χ3v) is 5.42. The number of nitrogens with zero attached hydrogens (tertiary/aromatic N) is 3. The number of fused-ring (bicyclic) bond motifs is 2. The minimum absolute atomic E-state index is 0. The van der Waals surface area contributed by atoms with Crippen LogP contribution in [0.4, 0.5) is 0 Å². The number of aryl methyl sites for hydroxylation is 1. The minimum Gasteiger partial charge on any atom is -0.316 e. The summed E-state index contributed by atoms with van der Waals surface area (Å²) in [5.41, 5.74) is 1.92. The molecule has 2 aliphatic rings. The summed E-state index contributed by atoms with van der Waals surface area (Å²) >= 11 is 1.54. The highest BCUT2D eigenvalue weighted by atomic mass is 35.5. The molecular weight excluding hydrogens is 308 g/mol. The summed E-state index contributed by atoms with van der Waals surface area (Å²) < 4.78 is 1.69. The molecule has 0 bridgehead atoms. The first kappa shape index (κ1) is 15.0. The Kier molecular flexibility index (Phi) is 4.05. The van der Waals surface area contributed by atoms with Gasteiger partial charge < -0.3 is 5.32 Å². The summed E-state index contributed by atoms with van der Waals surface area (Å²) in [5.74, 6) is 1.56. The second-order valence-electron chi connectivity index (χ2n) is 5.95. The Hall–Kier alpha value is -0.950. The van der Waals surface area contributed by atoms with E-state index in [0.717, 1.165) is 60.9 Å². The summed E-state index contributed by atoms with van der Waals surface area (Å²) in [4.78, 5) is 20.0. The summed E-state index contributed by atoms with van der Waals surface area (Å²) in [5, 5.41) is 5.44. The van der Waals surface area contributed by atoms with E-state index >= 15 is 0 Å². The fourth-order valence-electron chi connectivity index (χ4n) is 3.49. The SMILES string of the molecule is Cc1csc2nc(CN3C[C@H]4CNC[C@H]4C3)cc(=O)n12.Cl. The number of rotatable bonds is 2. The standard InChI is InChI=1S/C14H18N4OS.ClH/c1-9-8-20-14-16-12(2-13(19)18(9)14)7-17-5-10-3-15-4-11(10)6-17;/h2,8,10-11,15H,3-7H2,1H3;1H/t10-,11+;. The topological polar surface area (TPSA) is 49.6 Å². The number of halogens is 1. The minimum atomic E-state index is 0. The van der Waals surface area contributed by atoms with Gasteiger partial charge in [-0.25, -0.2) is 4.98 Å². The first-order chi connectivity index (χ1) is 9.70. The van der Waals surface area contributed by atoms with Crippen molar-refractivity contribution in [3.05, 3.63) is 33.2 Å². The van der Waals surface area contributed by atoms with Crippen molar-refractivity contribution in [2.45, 2.75) is 13.5 Å². The first-order valence-electron chi connectivity index (χ1n) is 7.10.